The summed E-state index contributed by atoms with van der Waals surface area (Å²) in [5.74, 6) is -3.07. The Balaban J connectivity index is 1.92. The molecule has 0 radical (unpaired) electrons. The summed E-state index contributed by atoms with van der Waals surface area (Å²) in [4.78, 5) is 44.4. The van der Waals surface area contributed by atoms with Gasteiger partial charge in [-0.2, -0.15) is 0 Å². The second kappa shape index (κ2) is 9.42. The quantitative estimate of drug-likeness (QED) is 0.229. The van der Waals surface area contributed by atoms with E-state index >= 15 is 0 Å². The Morgan fingerprint density at radius 1 is 1.11 bits per heavy atom. The Labute approximate surface area is 205 Å². The van der Waals surface area contributed by atoms with Crippen molar-refractivity contribution in [3.05, 3.63) is 87.2 Å². The van der Waals surface area contributed by atoms with Crippen LogP contribution in [0.4, 0.5) is 9.52 Å². The number of aliphatic hydroxyl groups is 1. The normalized spacial score (nSPS) is 17.3. The molecule has 4 rings (SSSR count). The highest BCUT2D eigenvalue weighted by molar-refractivity contribution is 7.17. The van der Waals surface area contributed by atoms with Crippen molar-refractivity contribution in [2.75, 3.05) is 12.0 Å². The van der Waals surface area contributed by atoms with Gasteiger partial charge in [0.25, 0.3) is 5.78 Å². The van der Waals surface area contributed by atoms with Gasteiger partial charge in [0, 0.05) is 5.56 Å². The summed E-state index contributed by atoms with van der Waals surface area (Å²) in [7, 11) is 1.24. The fourth-order valence-corrected chi connectivity index (χ4v) is 4.95. The van der Waals surface area contributed by atoms with E-state index in [1.54, 1.807) is 19.1 Å². The van der Waals surface area contributed by atoms with Crippen LogP contribution in [0.15, 0.2) is 54.1 Å². The molecule has 1 fully saturated rings. The van der Waals surface area contributed by atoms with Crippen LogP contribution in [-0.4, -0.2) is 34.9 Å². The third-order valence-electron chi connectivity index (χ3n) is 5.84. The number of benzene rings is 2. The number of ether oxygens (including phenoxy) is 1. The number of nitrogens with zero attached hydrogens (tertiary/aromatic N) is 2. The summed E-state index contributed by atoms with van der Waals surface area (Å²) in [6, 6.07) is 11.3. The monoisotopic (exact) mass is 494 g/mol. The van der Waals surface area contributed by atoms with Crippen LogP contribution in [0.2, 0.25) is 0 Å². The van der Waals surface area contributed by atoms with Crippen molar-refractivity contribution < 1.29 is 28.6 Å². The number of ketones is 1. The third kappa shape index (κ3) is 4.35. The second-order valence-electron chi connectivity index (χ2n) is 8.40. The second-order valence-corrected chi connectivity index (χ2v) is 9.38. The number of aryl methyl sites for hydroxylation is 1. The molecule has 7 nitrogen and oxygen atoms in total. The molecule has 1 N–H and O–H groups in total. The topological polar surface area (TPSA) is 96.8 Å². The first-order valence-corrected chi connectivity index (χ1v) is 11.7. The minimum atomic E-state index is -1.00. The van der Waals surface area contributed by atoms with Gasteiger partial charge >= 0.3 is 11.9 Å². The number of aromatic nitrogens is 1. The van der Waals surface area contributed by atoms with Crippen molar-refractivity contribution in [1.29, 1.82) is 0 Å². The van der Waals surface area contributed by atoms with E-state index in [-0.39, 0.29) is 27.1 Å². The molecule has 1 aliphatic heterocycles. The van der Waals surface area contributed by atoms with Gasteiger partial charge in [0.2, 0.25) is 0 Å². The number of hydrogen-bond acceptors (Lipinski definition) is 7. The number of anilines is 1. The highest BCUT2D eigenvalue weighted by Crippen LogP contribution is 2.44. The van der Waals surface area contributed by atoms with Crippen LogP contribution >= 0.6 is 11.3 Å². The maximum Gasteiger partial charge on any atom is 0.350 e. The number of aliphatic hydroxyl groups excluding tert-OH is 1. The van der Waals surface area contributed by atoms with Crippen LogP contribution in [0.5, 0.6) is 0 Å². The number of Topliss-reactive ketones (excluding diaryl/α,β-unsaturated/α-hetero) is 1. The number of methoxy groups -OCH3 is 1. The predicted molar refractivity (Wildman–Crippen MR) is 130 cm³/mol. The lowest BCUT2D eigenvalue weighted by Crippen LogP contribution is -2.29. The Hall–Kier alpha value is -3.85. The molecule has 0 bridgehead atoms. The van der Waals surface area contributed by atoms with Crippen LogP contribution in [0.3, 0.4) is 0 Å². The highest BCUT2D eigenvalue weighted by Gasteiger charge is 2.48. The molecule has 2 heterocycles. The van der Waals surface area contributed by atoms with E-state index in [1.165, 1.54) is 24.1 Å². The van der Waals surface area contributed by atoms with Crippen molar-refractivity contribution >= 4 is 39.9 Å². The molecule has 1 amide bonds. The molecule has 1 aliphatic rings. The SMILES string of the molecule is COC(=O)c1sc(N2C(=O)C(=O)/C(=C(/O)c3ccc(F)cc3)[C@H]2c2ccc(C(C)C)cc2)nc1C. The fourth-order valence-electron chi connectivity index (χ4n) is 3.94. The van der Waals surface area contributed by atoms with Gasteiger partial charge in [0.15, 0.2) is 5.13 Å². The van der Waals surface area contributed by atoms with Crippen LogP contribution < -0.4 is 4.90 Å². The Morgan fingerprint density at radius 3 is 2.31 bits per heavy atom. The Morgan fingerprint density at radius 2 is 1.74 bits per heavy atom. The summed E-state index contributed by atoms with van der Waals surface area (Å²) in [6.07, 6.45) is 0. The maximum atomic E-state index is 13.5. The molecule has 1 atom stereocenters. The molecule has 1 saturated heterocycles. The number of hydrogen-bond donors (Lipinski definition) is 1. The zero-order chi connectivity index (χ0) is 25.4. The van der Waals surface area contributed by atoms with Gasteiger partial charge in [-0.25, -0.2) is 14.2 Å². The van der Waals surface area contributed by atoms with Crippen molar-refractivity contribution in [2.24, 2.45) is 0 Å². The summed E-state index contributed by atoms with van der Waals surface area (Å²) >= 11 is 0.927. The predicted octanol–water partition coefficient (Wildman–Crippen LogP) is 5.13. The standard InChI is InChI=1S/C26H23FN2O5S/c1-13(2)15-5-7-16(8-6-15)20-19(21(30)17-9-11-18(27)12-10-17)22(31)24(32)29(20)26-28-14(3)23(35-26)25(33)34-4/h5-13,20,30H,1-4H3/b21-19+/t20-/m1/s1. The number of esters is 1. The minimum Gasteiger partial charge on any atom is -0.507 e. The molecule has 2 aromatic carbocycles. The van der Waals surface area contributed by atoms with E-state index in [1.807, 2.05) is 26.0 Å². The first kappa shape index (κ1) is 24.3. The van der Waals surface area contributed by atoms with Crippen molar-refractivity contribution in [2.45, 2.75) is 32.7 Å². The molecule has 180 valence electrons. The van der Waals surface area contributed by atoms with Gasteiger partial charge in [0.1, 0.15) is 16.5 Å². The Bertz CT molecular complexity index is 1340. The van der Waals surface area contributed by atoms with Gasteiger partial charge in [-0.15, -0.1) is 0 Å². The molecule has 3 aromatic rings. The largest absolute Gasteiger partial charge is 0.507 e. The average Bonchev–Trinajstić information content (AvgIpc) is 3.35. The van der Waals surface area contributed by atoms with Gasteiger partial charge in [0.05, 0.1) is 24.4 Å². The number of rotatable bonds is 5. The van der Waals surface area contributed by atoms with E-state index in [0.29, 0.717) is 11.3 Å². The van der Waals surface area contributed by atoms with Crippen LogP contribution in [0, 0.1) is 12.7 Å². The molecule has 1 aromatic heterocycles. The van der Waals surface area contributed by atoms with Gasteiger partial charge in [-0.1, -0.05) is 49.4 Å². The van der Waals surface area contributed by atoms with Crippen LogP contribution in [0.1, 0.15) is 57.9 Å². The number of halogens is 1. The zero-order valence-corrected chi connectivity index (χ0v) is 20.4. The molecular formula is C26H23FN2O5S. The third-order valence-corrected chi connectivity index (χ3v) is 6.98. The van der Waals surface area contributed by atoms with E-state index in [9.17, 15) is 23.9 Å². The molecule has 9 heteroatoms. The van der Waals surface area contributed by atoms with E-state index < -0.39 is 35.3 Å². The molecule has 0 saturated carbocycles. The van der Waals surface area contributed by atoms with E-state index in [4.69, 9.17) is 4.74 Å². The summed E-state index contributed by atoms with van der Waals surface area (Å²) in [6.45, 7) is 5.69. The first-order chi connectivity index (χ1) is 16.6. The van der Waals surface area contributed by atoms with Gasteiger partial charge in [-0.3, -0.25) is 14.5 Å². The van der Waals surface area contributed by atoms with Crippen LogP contribution in [0.25, 0.3) is 5.76 Å². The number of carbonyl (C=O) groups is 3. The number of thiazole rings is 1. The summed E-state index contributed by atoms with van der Waals surface area (Å²) in [5.41, 5.74) is 2.03. The molecule has 0 unspecified atom stereocenters. The molecule has 0 aliphatic carbocycles. The lowest BCUT2D eigenvalue weighted by Gasteiger charge is -2.23. The lowest BCUT2D eigenvalue weighted by atomic mass is 9.93. The van der Waals surface area contributed by atoms with Gasteiger partial charge in [-0.05, 0) is 48.2 Å². The first-order valence-electron chi connectivity index (χ1n) is 10.9. The minimum absolute atomic E-state index is 0.126. The molecule has 0 spiro atoms. The molecular weight excluding hydrogens is 471 g/mol. The number of carbonyl (C=O) groups excluding carboxylic acids is 3. The van der Waals surface area contributed by atoms with Crippen molar-refractivity contribution in [1.82, 2.24) is 4.98 Å². The van der Waals surface area contributed by atoms with Gasteiger partial charge < -0.3 is 9.84 Å². The molecule has 35 heavy (non-hydrogen) atoms. The summed E-state index contributed by atoms with van der Waals surface area (Å²) in [5, 5.41) is 11.2. The zero-order valence-electron chi connectivity index (χ0n) is 19.5. The fraction of sp³-hybridized carbons (Fsp3) is 0.231. The van der Waals surface area contributed by atoms with E-state index in [2.05, 4.69) is 4.98 Å². The van der Waals surface area contributed by atoms with Crippen molar-refractivity contribution in [3.63, 3.8) is 0 Å². The average molecular weight is 495 g/mol. The highest BCUT2D eigenvalue weighted by atomic mass is 32.1. The summed E-state index contributed by atoms with van der Waals surface area (Å²) < 4.78 is 18.3. The lowest BCUT2D eigenvalue weighted by molar-refractivity contribution is -0.132. The maximum absolute atomic E-state index is 13.5. The number of amides is 1. The van der Waals surface area contributed by atoms with E-state index in [0.717, 1.165) is 29.0 Å². The van der Waals surface area contributed by atoms with Crippen molar-refractivity contribution in [3.8, 4) is 0 Å². The Kier molecular flexibility index (Phi) is 6.53. The smallest absolute Gasteiger partial charge is 0.350 e. The van der Waals surface area contributed by atoms with Crippen LogP contribution in [-0.2, 0) is 14.3 Å².